The Kier molecular flexibility index (Phi) is 6.26. The van der Waals surface area contributed by atoms with Crippen LogP contribution in [0.2, 0.25) is 5.02 Å². The van der Waals surface area contributed by atoms with Gasteiger partial charge in [0.05, 0.1) is 18.8 Å². The van der Waals surface area contributed by atoms with Crippen molar-refractivity contribution in [1.82, 2.24) is 15.2 Å². The monoisotopic (exact) mass is 489 g/mol. The van der Waals surface area contributed by atoms with E-state index < -0.39 is 0 Å². The molecule has 3 heterocycles. The van der Waals surface area contributed by atoms with Gasteiger partial charge in [0, 0.05) is 23.3 Å². The van der Waals surface area contributed by atoms with E-state index in [0.29, 0.717) is 16.7 Å². The van der Waals surface area contributed by atoms with E-state index in [9.17, 15) is 0 Å². The number of pyridine rings is 1. The number of halogens is 1. The number of ether oxygens (including phenoxy) is 1. The summed E-state index contributed by atoms with van der Waals surface area (Å²) in [6.45, 7) is 2.62. The van der Waals surface area contributed by atoms with Gasteiger partial charge in [-0.05, 0) is 72.7 Å². The average molecular weight is 490 g/mol. The number of hydrogen-bond donors (Lipinski definition) is 1. The molecule has 0 saturated carbocycles. The zero-order valence-corrected chi connectivity index (χ0v) is 20.4. The largest absolute Gasteiger partial charge is 0.497 e. The highest BCUT2D eigenvalue weighted by molar-refractivity contribution is 7.80. The number of thiocarbonyl (C=S) groups is 1. The van der Waals surface area contributed by atoms with Crippen LogP contribution >= 0.6 is 23.8 Å². The summed E-state index contributed by atoms with van der Waals surface area (Å²) in [6, 6.07) is 23.5. The molecular formula is C27H24ClN3O2S. The molecule has 1 fully saturated rings. The molecule has 1 N–H and O–H groups in total. The first-order chi connectivity index (χ1) is 16.5. The van der Waals surface area contributed by atoms with Crippen LogP contribution < -0.4 is 10.1 Å². The van der Waals surface area contributed by atoms with Crippen molar-refractivity contribution in [1.29, 1.82) is 0 Å². The van der Waals surface area contributed by atoms with Gasteiger partial charge in [-0.1, -0.05) is 41.9 Å². The molecule has 0 spiro atoms. The van der Waals surface area contributed by atoms with Crippen molar-refractivity contribution in [2.45, 2.75) is 25.6 Å². The summed E-state index contributed by atoms with van der Waals surface area (Å²) in [5.74, 6) is 2.41. The summed E-state index contributed by atoms with van der Waals surface area (Å²) in [4.78, 5) is 6.76. The van der Waals surface area contributed by atoms with Crippen molar-refractivity contribution in [2.75, 3.05) is 7.11 Å². The topological polar surface area (TPSA) is 50.5 Å². The van der Waals surface area contributed by atoms with Gasteiger partial charge in [-0.25, -0.2) is 0 Å². The molecule has 1 aliphatic heterocycles. The molecule has 0 unspecified atom stereocenters. The molecule has 0 radical (unpaired) electrons. The first kappa shape index (κ1) is 22.4. The molecular weight excluding hydrogens is 466 g/mol. The van der Waals surface area contributed by atoms with E-state index in [1.54, 1.807) is 13.3 Å². The molecule has 172 valence electrons. The standard InChI is InChI=1S/C27H24ClN3O2S/c1-17-20(6-5-7-21(17)28)23-13-14-24(33-23)26-25(22-8-3-4-15-29-22)30-27(34)31(26)16-18-9-11-19(32-2)12-10-18/h3-15,25-26H,16H2,1-2H3,(H,30,34)/t25-,26+/m0/s1. The Morgan fingerprint density at radius 3 is 2.62 bits per heavy atom. The van der Waals surface area contributed by atoms with Gasteiger partial charge in [0.2, 0.25) is 0 Å². The van der Waals surface area contributed by atoms with Crippen LogP contribution in [-0.4, -0.2) is 22.1 Å². The normalized spacial score (nSPS) is 17.6. The lowest BCUT2D eigenvalue weighted by Gasteiger charge is -2.26. The molecule has 1 saturated heterocycles. The van der Waals surface area contributed by atoms with Gasteiger partial charge < -0.3 is 19.4 Å². The number of aromatic nitrogens is 1. The summed E-state index contributed by atoms with van der Waals surface area (Å²) in [7, 11) is 1.66. The third-order valence-electron chi connectivity index (χ3n) is 6.16. The maximum Gasteiger partial charge on any atom is 0.170 e. The second kappa shape index (κ2) is 9.49. The van der Waals surface area contributed by atoms with Crippen LogP contribution in [0.5, 0.6) is 5.75 Å². The summed E-state index contributed by atoms with van der Waals surface area (Å²) < 4.78 is 11.8. The number of rotatable bonds is 6. The molecule has 5 nitrogen and oxygen atoms in total. The van der Waals surface area contributed by atoms with Gasteiger partial charge >= 0.3 is 0 Å². The van der Waals surface area contributed by atoms with Crippen LogP contribution in [0, 0.1) is 6.92 Å². The Morgan fingerprint density at radius 1 is 1.06 bits per heavy atom. The first-order valence-corrected chi connectivity index (χ1v) is 11.8. The second-order valence-corrected chi connectivity index (χ2v) is 9.01. The molecule has 0 amide bonds. The third kappa shape index (κ3) is 4.27. The zero-order chi connectivity index (χ0) is 23.7. The lowest BCUT2D eigenvalue weighted by Crippen LogP contribution is -2.29. The first-order valence-electron chi connectivity index (χ1n) is 11.0. The van der Waals surface area contributed by atoms with E-state index in [4.69, 9.17) is 33.0 Å². The lowest BCUT2D eigenvalue weighted by molar-refractivity contribution is 0.269. The zero-order valence-electron chi connectivity index (χ0n) is 18.9. The predicted octanol–water partition coefficient (Wildman–Crippen LogP) is 6.48. The predicted molar refractivity (Wildman–Crippen MR) is 138 cm³/mol. The van der Waals surface area contributed by atoms with Crippen molar-refractivity contribution >= 4 is 28.9 Å². The molecule has 0 aliphatic carbocycles. The number of nitrogens with one attached hydrogen (secondary N) is 1. The van der Waals surface area contributed by atoms with E-state index >= 15 is 0 Å². The Labute approximate surface area is 209 Å². The van der Waals surface area contributed by atoms with Gasteiger partial charge in [-0.15, -0.1) is 0 Å². The molecule has 2 aromatic heterocycles. The highest BCUT2D eigenvalue weighted by Gasteiger charge is 2.41. The summed E-state index contributed by atoms with van der Waals surface area (Å²) in [5, 5.41) is 4.85. The number of furan rings is 1. The molecule has 7 heteroatoms. The fourth-order valence-electron chi connectivity index (χ4n) is 4.34. The fourth-order valence-corrected chi connectivity index (χ4v) is 4.82. The van der Waals surface area contributed by atoms with Gasteiger partial charge in [-0.2, -0.15) is 0 Å². The van der Waals surface area contributed by atoms with Crippen molar-refractivity contribution < 1.29 is 9.15 Å². The maximum absolute atomic E-state index is 6.45. The van der Waals surface area contributed by atoms with Gasteiger partial charge in [0.15, 0.2) is 5.11 Å². The summed E-state index contributed by atoms with van der Waals surface area (Å²) >= 11 is 12.1. The summed E-state index contributed by atoms with van der Waals surface area (Å²) in [6.07, 6.45) is 1.80. The highest BCUT2D eigenvalue weighted by Crippen LogP contribution is 2.42. The Balaban J connectivity index is 1.53. The fraction of sp³-hybridized carbons (Fsp3) is 0.185. The number of benzene rings is 2. The number of methoxy groups -OCH3 is 1. The van der Waals surface area contributed by atoms with E-state index in [2.05, 4.69) is 27.3 Å². The highest BCUT2D eigenvalue weighted by atomic mass is 35.5. The minimum absolute atomic E-state index is 0.147. The molecule has 34 heavy (non-hydrogen) atoms. The Bertz CT molecular complexity index is 1310. The quantitative estimate of drug-likeness (QED) is 0.312. The van der Waals surface area contributed by atoms with Crippen molar-refractivity contribution in [3.8, 4) is 17.1 Å². The molecule has 5 rings (SSSR count). The van der Waals surface area contributed by atoms with Crippen LogP contribution in [0.1, 0.15) is 34.7 Å². The SMILES string of the molecule is COc1ccc(CN2C(=S)N[C@@H](c3ccccn3)[C@H]2c2ccc(-c3cccc(Cl)c3C)o2)cc1. The van der Waals surface area contributed by atoms with Gasteiger partial charge in [-0.3, -0.25) is 4.98 Å². The Hall–Kier alpha value is -3.35. The van der Waals surface area contributed by atoms with E-state index in [1.807, 2.05) is 67.6 Å². The molecule has 2 aromatic carbocycles. The molecule has 2 atom stereocenters. The molecule has 4 aromatic rings. The van der Waals surface area contributed by atoms with Crippen LogP contribution in [0.25, 0.3) is 11.3 Å². The van der Waals surface area contributed by atoms with Crippen molar-refractivity contribution in [3.05, 3.63) is 107 Å². The smallest absolute Gasteiger partial charge is 0.170 e. The number of hydrogen-bond acceptors (Lipinski definition) is 4. The minimum Gasteiger partial charge on any atom is -0.497 e. The van der Waals surface area contributed by atoms with Crippen LogP contribution in [0.4, 0.5) is 0 Å². The molecule has 0 bridgehead atoms. The second-order valence-electron chi connectivity index (χ2n) is 8.22. The minimum atomic E-state index is -0.169. The summed E-state index contributed by atoms with van der Waals surface area (Å²) in [5.41, 5.74) is 3.99. The van der Waals surface area contributed by atoms with Crippen LogP contribution in [-0.2, 0) is 6.54 Å². The maximum atomic E-state index is 6.45. The lowest BCUT2D eigenvalue weighted by atomic mass is 10.0. The average Bonchev–Trinajstić information content (AvgIpc) is 3.47. The number of nitrogens with zero attached hydrogens (tertiary/aromatic N) is 2. The van der Waals surface area contributed by atoms with E-state index in [1.165, 1.54) is 0 Å². The molecule has 1 aliphatic rings. The third-order valence-corrected chi connectivity index (χ3v) is 6.92. The van der Waals surface area contributed by atoms with E-state index in [-0.39, 0.29) is 12.1 Å². The van der Waals surface area contributed by atoms with E-state index in [0.717, 1.165) is 39.7 Å². The Morgan fingerprint density at radius 2 is 1.88 bits per heavy atom. The van der Waals surface area contributed by atoms with Gasteiger partial charge in [0.25, 0.3) is 0 Å². The van der Waals surface area contributed by atoms with Crippen LogP contribution in [0.15, 0.2) is 83.4 Å². The van der Waals surface area contributed by atoms with Gasteiger partial charge in [0.1, 0.15) is 23.3 Å². The van der Waals surface area contributed by atoms with Crippen LogP contribution in [0.3, 0.4) is 0 Å². The van der Waals surface area contributed by atoms with Crippen molar-refractivity contribution in [2.24, 2.45) is 0 Å². The van der Waals surface area contributed by atoms with Crippen molar-refractivity contribution in [3.63, 3.8) is 0 Å².